The summed E-state index contributed by atoms with van der Waals surface area (Å²) in [5.74, 6) is 1.37. The maximum atomic E-state index is 5.46. The fraction of sp³-hybridized carbons (Fsp3) is 0.238. The predicted octanol–water partition coefficient (Wildman–Crippen LogP) is 4.37. The van der Waals surface area contributed by atoms with Gasteiger partial charge in [0.15, 0.2) is 5.11 Å². The number of methoxy groups -OCH3 is 2. The number of benzene rings is 2. The molecule has 0 unspecified atom stereocenters. The summed E-state index contributed by atoms with van der Waals surface area (Å²) >= 11 is 5.46. The van der Waals surface area contributed by atoms with Gasteiger partial charge in [0, 0.05) is 17.4 Å². The number of hydrogen-bond acceptors (Lipinski definition) is 4. The van der Waals surface area contributed by atoms with Crippen LogP contribution in [-0.4, -0.2) is 29.1 Å². The molecule has 3 aromatic rings. The lowest BCUT2D eigenvalue weighted by atomic mass is 10.2. The number of ether oxygens (including phenoxy) is 2. The van der Waals surface area contributed by atoms with Gasteiger partial charge >= 0.3 is 0 Å². The molecule has 0 fully saturated rings. The van der Waals surface area contributed by atoms with Crippen molar-refractivity contribution in [2.75, 3.05) is 24.9 Å². The number of thiocarbonyl (C=S) groups is 1. The molecule has 0 aliphatic heterocycles. The van der Waals surface area contributed by atoms with Crippen LogP contribution in [0, 0.1) is 13.8 Å². The number of anilines is 2. The van der Waals surface area contributed by atoms with Crippen molar-refractivity contribution in [2.45, 2.75) is 20.4 Å². The second kappa shape index (κ2) is 8.75. The number of aryl methyl sites for hydroxylation is 2. The zero-order valence-electron chi connectivity index (χ0n) is 16.4. The number of aromatic nitrogens is 2. The SMILES string of the molecule is COc1ccc(NC(=S)Nc2cccc(Cn3nc(C)cc3C)c2)c(OC)c1. The highest BCUT2D eigenvalue weighted by Gasteiger charge is 2.08. The van der Waals surface area contributed by atoms with Gasteiger partial charge in [0.05, 0.1) is 32.1 Å². The van der Waals surface area contributed by atoms with Gasteiger partial charge in [-0.1, -0.05) is 12.1 Å². The lowest BCUT2D eigenvalue weighted by Gasteiger charge is -2.15. The van der Waals surface area contributed by atoms with Gasteiger partial charge in [0.1, 0.15) is 11.5 Å². The van der Waals surface area contributed by atoms with Crippen LogP contribution in [0.5, 0.6) is 11.5 Å². The smallest absolute Gasteiger partial charge is 0.175 e. The molecule has 146 valence electrons. The van der Waals surface area contributed by atoms with E-state index >= 15 is 0 Å². The van der Waals surface area contributed by atoms with E-state index in [1.165, 1.54) is 0 Å². The standard InChI is InChI=1S/C21H24N4O2S/c1-14-10-15(2)25(24-14)13-16-6-5-7-17(11-16)22-21(28)23-19-9-8-18(26-3)12-20(19)27-4/h5-12H,13H2,1-4H3,(H2,22,23,28). The minimum atomic E-state index is 0.478. The monoisotopic (exact) mass is 396 g/mol. The summed E-state index contributed by atoms with van der Waals surface area (Å²) in [6.45, 7) is 4.77. The maximum absolute atomic E-state index is 5.46. The summed E-state index contributed by atoms with van der Waals surface area (Å²) in [4.78, 5) is 0. The topological polar surface area (TPSA) is 60.3 Å². The zero-order chi connectivity index (χ0) is 20.1. The van der Waals surface area contributed by atoms with Crippen LogP contribution < -0.4 is 20.1 Å². The molecule has 2 N–H and O–H groups in total. The quantitative estimate of drug-likeness (QED) is 0.603. The Bertz CT molecular complexity index is 984. The highest BCUT2D eigenvalue weighted by atomic mass is 32.1. The first-order valence-corrected chi connectivity index (χ1v) is 9.29. The third-order valence-electron chi connectivity index (χ3n) is 4.28. The van der Waals surface area contributed by atoms with Gasteiger partial charge in [-0.05, 0) is 62.0 Å². The molecule has 0 atom stereocenters. The molecule has 0 radical (unpaired) electrons. The summed E-state index contributed by atoms with van der Waals surface area (Å²) < 4.78 is 12.6. The van der Waals surface area contributed by atoms with Gasteiger partial charge in [0.25, 0.3) is 0 Å². The van der Waals surface area contributed by atoms with Crippen LogP contribution in [-0.2, 0) is 6.54 Å². The third kappa shape index (κ3) is 4.80. The first kappa shape index (κ1) is 19.7. The fourth-order valence-electron chi connectivity index (χ4n) is 2.94. The number of hydrogen-bond donors (Lipinski definition) is 2. The van der Waals surface area contributed by atoms with Crippen molar-refractivity contribution in [3.8, 4) is 11.5 Å². The molecular formula is C21H24N4O2S. The first-order valence-electron chi connectivity index (χ1n) is 8.88. The summed E-state index contributed by atoms with van der Waals surface area (Å²) in [7, 11) is 3.23. The number of rotatable bonds is 6. The van der Waals surface area contributed by atoms with Crippen molar-refractivity contribution >= 4 is 28.7 Å². The Morgan fingerprint density at radius 2 is 1.86 bits per heavy atom. The molecule has 7 heteroatoms. The van der Waals surface area contributed by atoms with E-state index in [2.05, 4.69) is 40.9 Å². The van der Waals surface area contributed by atoms with Crippen LogP contribution in [0.2, 0.25) is 0 Å². The van der Waals surface area contributed by atoms with Crippen LogP contribution in [0.25, 0.3) is 0 Å². The van der Waals surface area contributed by atoms with Crippen molar-refractivity contribution in [3.63, 3.8) is 0 Å². The zero-order valence-corrected chi connectivity index (χ0v) is 17.3. The largest absolute Gasteiger partial charge is 0.497 e. The van der Waals surface area contributed by atoms with Gasteiger partial charge in [-0.3, -0.25) is 4.68 Å². The average Bonchev–Trinajstić information content (AvgIpc) is 2.99. The molecular weight excluding hydrogens is 372 g/mol. The van der Waals surface area contributed by atoms with Crippen molar-refractivity contribution in [1.29, 1.82) is 0 Å². The van der Waals surface area contributed by atoms with Crippen LogP contribution in [0.4, 0.5) is 11.4 Å². The van der Waals surface area contributed by atoms with E-state index in [1.54, 1.807) is 20.3 Å². The molecule has 0 spiro atoms. The highest BCUT2D eigenvalue weighted by molar-refractivity contribution is 7.80. The summed E-state index contributed by atoms with van der Waals surface area (Å²) in [5.41, 5.74) is 4.97. The van der Waals surface area contributed by atoms with E-state index in [-0.39, 0.29) is 0 Å². The Balaban J connectivity index is 1.68. The molecule has 2 aromatic carbocycles. The minimum Gasteiger partial charge on any atom is -0.497 e. The Labute approximate surface area is 170 Å². The molecule has 6 nitrogen and oxygen atoms in total. The van der Waals surface area contributed by atoms with Crippen LogP contribution in [0.3, 0.4) is 0 Å². The normalized spacial score (nSPS) is 10.4. The Hall–Kier alpha value is -3.06. The van der Waals surface area contributed by atoms with Crippen molar-refractivity contribution < 1.29 is 9.47 Å². The predicted molar refractivity (Wildman–Crippen MR) is 117 cm³/mol. The lowest BCUT2D eigenvalue weighted by molar-refractivity contribution is 0.395. The van der Waals surface area contributed by atoms with Gasteiger partial charge in [-0.15, -0.1) is 0 Å². The second-order valence-corrected chi connectivity index (χ2v) is 6.84. The van der Waals surface area contributed by atoms with Crippen LogP contribution in [0.1, 0.15) is 17.0 Å². The van der Waals surface area contributed by atoms with Gasteiger partial charge in [-0.2, -0.15) is 5.10 Å². The average molecular weight is 397 g/mol. The van der Waals surface area contributed by atoms with Crippen LogP contribution in [0.15, 0.2) is 48.5 Å². The van der Waals surface area contributed by atoms with Gasteiger partial charge < -0.3 is 20.1 Å². The minimum absolute atomic E-state index is 0.478. The Kier molecular flexibility index (Phi) is 6.16. The summed E-state index contributed by atoms with van der Waals surface area (Å²) in [6, 6.07) is 15.7. The van der Waals surface area contributed by atoms with E-state index in [0.717, 1.165) is 34.1 Å². The fourth-order valence-corrected chi connectivity index (χ4v) is 3.17. The van der Waals surface area contributed by atoms with E-state index in [4.69, 9.17) is 21.7 Å². The van der Waals surface area contributed by atoms with Crippen LogP contribution >= 0.6 is 12.2 Å². The molecule has 1 heterocycles. The Morgan fingerprint density at radius 1 is 1.04 bits per heavy atom. The Morgan fingerprint density at radius 3 is 2.54 bits per heavy atom. The van der Waals surface area contributed by atoms with E-state index in [1.807, 2.05) is 35.9 Å². The number of nitrogens with one attached hydrogen (secondary N) is 2. The van der Waals surface area contributed by atoms with Gasteiger partial charge in [0.2, 0.25) is 0 Å². The molecule has 0 amide bonds. The van der Waals surface area contributed by atoms with E-state index < -0.39 is 0 Å². The molecule has 0 saturated heterocycles. The summed E-state index contributed by atoms with van der Waals surface area (Å²) in [6.07, 6.45) is 0. The first-order chi connectivity index (χ1) is 13.5. The highest BCUT2D eigenvalue weighted by Crippen LogP contribution is 2.29. The summed E-state index contributed by atoms with van der Waals surface area (Å²) in [5, 5.41) is 11.4. The third-order valence-corrected chi connectivity index (χ3v) is 4.48. The molecule has 1 aromatic heterocycles. The number of nitrogens with zero attached hydrogens (tertiary/aromatic N) is 2. The second-order valence-electron chi connectivity index (χ2n) is 6.43. The van der Waals surface area contributed by atoms with E-state index in [0.29, 0.717) is 17.4 Å². The molecule has 0 bridgehead atoms. The molecule has 28 heavy (non-hydrogen) atoms. The molecule has 0 saturated carbocycles. The van der Waals surface area contributed by atoms with Crippen molar-refractivity contribution in [2.24, 2.45) is 0 Å². The van der Waals surface area contributed by atoms with Crippen molar-refractivity contribution in [3.05, 3.63) is 65.5 Å². The molecule has 3 rings (SSSR count). The lowest BCUT2D eigenvalue weighted by Crippen LogP contribution is -2.19. The molecule has 0 aliphatic carbocycles. The maximum Gasteiger partial charge on any atom is 0.175 e. The van der Waals surface area contributed by atoms with Crippen molar-refractivity contribution in [1.82, 2.24) is 9.78 Å². The van der Waals surface area contributed by atoms with Gasteiger partial charge in [-0.25, -0.2) is 0 Å². The van der Waals surface area contributed by atoms with E-state index in [9.17, 15) is 0 Å². The molecule has 0 aliphatic rings.